The Morgan fingerprint density at radius 3 is 1.85 bits per heavy atom. The molecule has 1 N–H and O–H groups in total. The van der Waals surface area contributed by atoms with Gasteiger partial charge in [0.2, 0.25) is 0 Å². The predicted octanol–water partition coefficient (Wildman–Crippen LogP) is 0.743. The lowest BCUT2D eigenvalue weighted by molar-refractivity contribution is -0.511. The average molecular weight is 434 g/mol. The van der Waals surface area contributed by atoms with E-state index in [1.165, 1.54) is 38.4 Å². The Bertz CT molecular complexity index is 702. The first-order chi connectivity index (χ1) is 11.6. The highest BCUT2D eigenvalue weighted by Gasteiger charge is 2.46. The molecule has 2 heterocycles. The number of nitrogens with zero attached hydrogens (tertiary/aromatic N) is 3. The Labute approximate surface area is 145 Å². The van der Waals surface area contributed by atoms with Gasteiger partial charge in [0.15, 0.2) is 20.0 Å². The zero-order valence-corrected chi connectivity index (χ0v) is 14.9. The molecule has 0 saturated carbocycles. The van der Waals surface area contributed by atoms with Gasteiger partial charge in [-0.2, -0.15) is 26.3 Å². The molecule has 16 heteroatoms. The Morgan fingerprint density at radius 2 is 1.42 bits per heavy atom. The van der Waals surface area contributed by atoms with Crippen LogP contribution in [0.4, 0.5) is 26.3 Å². The second-order valence-electron chi connectivity index (χ2n) is 5.28. The molecule has 0 unspecified atom stereocenters. The molecule has 0 radical (unpaired) electrons. The minimum Gasteiger partial charge on any atom is -0.421 e. The van der Waals surface area contributed by atoms with Crippen LogP contribution in [0.15, 0.2) is 0 Å². The largest absolute Gasteiger partial charge is 0.480 e. The summed E-state index contributed by atoms with van der Waals surface area (Å²) >= 11 is 0. The fourth-order valence-electron chi connectivity index (χ4n) is 2.10. The van der Waals surface area contributed by atoms with Gasteiger partial charge in [-0.3, -0.25) is 14.8 Å². The van der Waals surface area contributed by atoms with Gasteiger partial charge in [-0.25, -0.2) is 16.8 Å². The number of guanidine groups is 1. The van der Waals surface area contributed by atoms with E-state index >= 15 is 0 Å². The lowest BCUT2D eigenvalue weighted by atomic mass is 10.2. The number of halogens is 6. The number of fused-ring (bicyclic) bond motifs is 1. The number of nitrogens with one attached hydrogen (secondary N) is 1. The molecule has 0 atom stereocenters. The minimum atomic E-state index is -6.72. The summed E-state index contributed by atoms with van der Waals surface area (Å²) in [5, 5.41) is 3.44. The first kappa shape index (κ1) is 22.8. The van der Waals surface area contributed by atoms with Gasteiger partial charge in [-0.15, -0.1) is 0 Å². The normalized spacial score (nSPS) is 19.3. The molecule has 0 aromatic heterocycles. The molecule has 0 bridgehead atoms. The minimum absolute atomic E-state index is 0.778. The molecule has 26 heavy (non-hydrogen) atoms. The number of hydrogen-bond acceptors (Lipinski definition) is 6. The SMILES string of the molecule is C[N+]1=C2NCCCN2CCC1.O=S(=O)([N-]S(=O)(=O)C(F)(F)F)C(F)(F)F. The third-order valence-electron chi connectivity index (χ3n) is 3.25. The van der Waals surface area contributed by atoms with E-state index in [0.717, 1.165) is 10.7 Å². The van der Waals surface area contributed by atoms with Crippen LogP contribution in [0.3, 0.4) is 0 Å². The van der Waals surface area contributed by atoms with Crippen molar-refractivity contribution in [2.24, 2.45) is 0 Å². The monoisotopic (exact) mass is 434 g/mol. The summed E-state index contributed by atoms with van der Waals surface area (Å²) in [5.74, 6) is 1.35. The summed E-state index contributed by atoms with van der Waals surface area (Å²) in [6.45, 7) is 4.84. The van der Waals surface area contributed by atoms with Crippen molar-refractivity contribution in [2.75, 3.05) is 33.2 Å². The molecule has 1 saturated heterocycles. The van der Waals surface area contributed by atoms with Gasteiger partial charge < -0.3 is 4.13 Å². The van der Waals surface area contributed by atoms with Gasteiger partial charge in [-0.1, -0.05) is 0 Å². The van der Waals surface area contributed by atoms with Crippen molar-refractivity contribution in [3.05, 3.63) is 4.13 Å². The maximum atomic E-state index is 11.4. The standard InChI is InChI=1S/C8H15N3.C2F6NO4S2/c1-10-5-3-7-11-6-2-4-9-8(10)11;3-1(4,5)14(10,11)9-15(12,13)2(6,7)8/h2-7H2,1H3;/q;-1/p+1. The van der Waals surface area contributed by atoms with Gasteiger partial charge in [0.25, 0.3) is 0 Å². The topological polar surface area (TPSA) is 101 Å². The van der Waals surface area contributed by atoms with Crippen molar-refractivity contribution in [3.63, 3.8) is 0 Å². The summed E-state index contributed by atoms with van der Waals surface area (Å²) < 4.78 is 112. The van der Waals surface area contributed by atoms with Gasteiger partial charge in [0, 0.05) is 12.8 Å². The number of hydrogen-bond donors (Lipinski definition) is 1. The fourth-order valence-corrected chi connectivity index (χ4v) is 3.81. The molecule has 2 aliphatic rings. The lowest BCUT2D eigenvalue weighted by Crippen LogP contribution is -2.54. The summed E-state index contributed by atoms with van der Waals surface area (Å²) in [7, 11) is -11.3. The van der Waals surface area contributed by atoms with Crippen molar-refractivity contribution in [1.29, 1.82) is 0 Å². The maximum Gasteiger partial charge on any atom is 0.480 e. The van der Waals surface area contributed by atoms with Gasteiger partial charge in [-0.05, 0) is 0 Å². The van der Waals surface area contributed by atoms with E-state index in [4.69, 9.17) is 0 Å². The van der Waals surface area contributed by atoms with Crippen LogP contribution < -0.4 is 5.32 Å². The van der Waals surface area contributed by atoms with E-state index < -0.39 is 31.1 Å². The van der Waals surface area contributed by atoms with E-state index in [9.17, 15) is 43.2 Å². The molecular weight excluding hydrogens is 418 g/mol. The van der Waals surface area contributed by atoms with Crippen LogP contribution in [0.25, 0.3) is 4.13 Å². The smallest absolute Gasteiger partial charge is 0.421 e. The number of rotatable bonds is 2. The zero-order valence-electron chi connectivity index (χ0n) is 13.3. The fraction of sp³-hybridized carbons (Fsp3) is 0.900. The van der Waals surface area contributed by atoms with Gasteiger partial charge in [0.1, 0.15) is 0 Å². The lowest BCUT2D eigenvalue weighted by Gasteiger charge is -2.29. The Kier molecular flexibility index (Phi) is 6.79. The van der Waals surface area contributed by atoms with Crippen LogP contribution >= 0.6 is 0 Å². The van der Waals surface area contributed by atoms with Gasteiger partial charge >= 0.3 is 17.0 Å². The van der Waals surface area contributed by atoms with Crippen molar-refractivity contribution in [3.8, 4) is 0 Å². The van der Waals surface area contributed by atoms with Crippen LogP contribution in [0.1, 0.15) is 12.8 Å². The van der Waals surface area contributed by atoms with E-state index in [2.05, 4.69) is 21.8 Å². The molecule has 0 aromatic rings. The molecule has 1 fully saturated rings. The maximum absolute atomic E-state index is 11.4. The molecule has 8 nitrogen and oxygen atoms in total. The third-order valence-corrected chi connectivity index (χ3v) is 5.99. The molecule has 2 rings (SSSR count). The molecule has 0 amide bonds. The van der Waals surface area contributed by atoms with E-state index in [1.54, 1.807) is 0 Å². The molecule has 0 aliphatic carbocycles. The van der Waals surface area contributed by atoms with Crippen LogP contribution in [0.5, 0.6) is 0 Å². The highest BCUT2D eigenvalue weighted by Crippen LogP contribution is 2.36. The molecule has 0 aromatic carbocycles. The summed E-state index contributed by atoms with van der Waals surface area (Å²) in [4.78, 5) is 2.45. The molecule has 2 aliphatic heterocycles. The van der Waals surface area contributed by atoms with Crippen molar-refractivity contribution in [2.45, 2.75) is 23.9 Å². The molecular formula is C10H16F6N4O4S2. The quantitative estimate of drug-likeness (QED) is 0.509. The number of sulfonamides is 2. The third kappa shape index (κ3) is 5.60. The average Bonchev–Trinajstić information content (AvgIpc) is 2.45. The van der Waals surface area contributed by atoms with Crippen LogP contribution in [0.2, 0.25) is 0 Å². The Morgan fingerprint density at radius 1 is 0.962 bits per heavy atom. The summed E-state index contributed by atoms with van der Waals surface area (Å²) in [5.41, 5.74) is -12.4. The predicted molar refractivity (Wildman–Crippen MR) is 78.2 cm³/mol. The first-order valence-corrected chi connectivity index (χ1v) is 9.90. The summed E-state index contributed by atoms with van der Waals surface area (Å²) in [6.07, 6.45) is 2.60. The number of alkyl halides is 6. The van der Waals surface area contributed by atoms with Crippen LogP contribution in [0, 0.1) is 0 Å². The van der Waals surface area contributed by atoms with Crippen molar-refractivity contribution < 1.29 is 47.8 Å². The first-order valence-electron chi connectivity index (χ1n) is 7.02. The molecule has 0 spiro atoms. The van der Waals surface area contributed by atoms with E-state index in [1.807, 2.05) is 0 Å². The highest BCUT2D eigenvalue weighted by atomic mass is 32.3. The second kappa shape index (κ2) is 7.75. The zero-order chi connectivity index (χ0) is 20.4. The van der Waals surface area contributed by atoms with Crippen LogP contribution in [-0.4, -0.2) is 76.5 Å². The van der Waals surface area contributed by atoms with E-state index in [0.29, 0.717) is 0 Å². The van der Waals surface area contributed by atoms with Crippen LogP contribution in [-0.2, 0) is 20.0 Å². The second-order valence-corrected chi connectivity index (χ2v) is 8.70. The Balaban J connectivity index is 0.000000269. The van der Waals surface area contributed by atoms with E-state index in [-0.39, 0.29) is 0 Å². The summed E-state index contributed by atoms with van der Waals surface area (Å²) in [6, 6.07) is 0. The Hall–Kier alpha value is -1.29. The van der Waals surface area contributed by atoms with Crippen molar-refractivity contribution in [1.82, 2.24) is 10.2 Å². The van der Waals surface area contributed by atoms with Crippen molar-refractivity contribution >= 4 is 26.0 Å². The molecule has 154 valence electrons. The highest BCUT2D eigenvalue weighted by molar-refractivity contribution is 8.13. The van der Waals surface area contributed by atoms with Gasteiger partial charge in [0.05, 0.1) is 33.2 Å².